The van der Waals surface area contributed by atoms with Gasteiger partial charge in [0.25, 0.3) is 0 Å². The van der Waals surface area contributed by atoms with Gasteiger partial charge < -0.3 is 14.8 Å². The highest BCUT2D eigenvalue weighted by molar-refractivity contribution is 7.53. The molecular formula is C11H18NO3P. The molecule has 1 aromatic rings. The van der Waals surface area contributed by atoms with Crippen LogP contribution in [0, 0.1) is 0 Å². The van der Waals surface area contributed by atoms with Crippen LogP contribution in [-0.4, -0.2) is 13.2 Å². The van der Waals surface area contributed by atoms with Crippen LogP contribution in [0.4, 0.5) is 5.69 Å². The standard InChI is InChI=1S/C11H18NO3P/c1-3-14-16(13,15-4-2)9-10-6-5-7-11(12)8-10/h5-8H,3-4,9,12H2,1-2H3. The van der Waals surface area contributed by atoms with E-state index in [0.717, 1.165) is 5.56 Å². The van der Waals surface area contributed by atoms with Crippen molar-refractivity contribution in [3.8, 4) is 0 Å². The van der Waals surface area contributed by atoms with Gasteiger partial charge in [-0.05, 0) is 31.5 Å². The first-order chi connectivity index (χ1) is 7.59. The fraction of sp³-hybridized carbons (Fsp3) is 0.455. The Labute approximate surface area is 96.3 Å². The Balaban J connectivity index is 2.79. The fourth-order valence-electron chi connectivity index (χ4n) is 1.44. The molecule has 0 aliphatic carbocycles. The minimum atomic E-state index is -3.02. The molecule has 0 aliphatic heterocycles. The molecule has 0 amide bonds. The van der Waals surface area contributed by atoms with Crippen LogP contribution in [0.3, 0.4) is 0 Å². The predicted molar refractivity (Wildman–Crippen MR) is 65.4 cm³/mol. The Morgan fingerprint density at radius 1 is 1.25 bits per heavy atom. The van der Waals surface area contributed by atoms with Crippen LogP contribution in [0.15, 0.2) is 24.3 Å². The largest absolute Gasteiger partial charge is 0.399 e. The SMILES string of the molecule is CCOP(=O)(Cc1cccc(N)c1)OCC. The Morgan fingerprint density at radius 3 is 2.38 bits per heavy atom. The van der Waals surface area contributed by atoms with Gasteiger partial charge in [0.05, 0.1) is 19.4 Å². The molecule has 0 fully saturated rings. The second-order valence-corrected chi connectivity index (χ2v) is 5.40. The normalized spacial score (nSPS) is 11.6. The molecule has 2 N–H and O–H groups in total. The van der Waals surface area contributed by atoms with Crippen molar-refractivity contribution in [3.05, 3.63) is 29.8 Å². The van der Waals surface area contributed by atoms with Gasteiger partial charge in [0.15, 0.2) is 0 Å². The van der Waals surface area contributed by atoms with Gasteiger partial charge in [-0.3, -0.25) is 4.57 Å². The van der Waals surface area contributed by atoms with E-state index < -0.39 is 7.60 Å². The third-order valence-electron chi connectivity index (χ3n) is 1.98. The summed E-state index contributed by atoms with van der Waals surface area (Å²) >= 11 is 0. The minimum absolute atomic E-state index is 0.264. The molecule has 0 spiro atoms. The number of nitrogens with two attached hydrogens (primary N) is 1. The van der Waals surface area contributed by atoms with Crippen molar-refractivity contribution in [2.45, 2.75) is 20.0 Å². The summed E-state index contributed by atoms with van der Waals surface area (Å²) in [6.07, 6.45) is 0.264. The van der Waals surface area contributed by atoms with Crippen molar-refractivity contribution in [3.63, 3.8) is 0 Å². The molecule has 0 atom stereocenters. The third kappa shape index (κ3) is 3.97. The highest BCUT2D eigenvalue weighted by Gasteiger charge is 2.23. The molecule has 16 heavy (non-hydrogen) atoms. The highest BCUT2D eigenvalue weighted by atomic mass is 31.2. The van der Waals surface area contributed by atoms with Crippen LogP contribution in [-0.2, 0) is 19.8 Å². The quantitative estimate of drug-likeness (QED) is 0.616. The van der Waals surface area contributed by atoms with Crippen LogP contribution in [0.5, 0.6) is 0 Å². The molecule has 0 bridgehead atoms. The molecule has 0 radical (unpaired) electrons. The lowest BCUT2D eigenvalue weighted by molar-refractivity contribution is 0.219. The Morgan fingerprint density at radius 2 is 1.88 bits per heavy atom. The fourth-order valence-corrected chi connectivity index (χ4v) is 3.12. The zero-order valence-corrected chi connectivity index (χ0v) is 10.6. The van der Waals surface area contributed by atoms with Crippen molar-refractivity contribution in [1.29, 1.82) is 0 Å². The smallest absolute Gasteiger partial charge is 0.335 e. The lowest BCUT2D eigenvalue weighted by atomic mass is 10.2. The third-order valence-corrected chi connectivity index (χ3v) is 4.03. The van der Waals surface area contributed by atoms with Crippen LogP contribution in [0.1, 0.15) is 19.4 Å². The summed E-state index contributed by atoms with van der Waals surface area (Å²) in [5.74, 6) is 0. The number of hydrogen-bond acceptors (Lipinski definition) is 4. The molecule has 90 valence electrons. The summed E-state index contributed by atoms with van der Waals surface area (Å²) in [6.45, 7) is 4.34. The Kier molecular flexibility index (Phi) is 5.00. The van der Waals surface area contributed by atoms with Crippen molar-refractivity contribution < 1.29 is 13.6 Å². The molecule has 0 saturated carbocycles. The van der Waals surface area contributed by atoms with Crippen molar-refractivity contribution in [2.75, 3.05) is 18.9 Å². The van der Waals surface area contributed by atoms with Gasteiger partial charge in [-0.1, -0.05) is 12.1 Å². The molecule has 0 aliphatic rings. The number of rotatable bonds is 6. The van der Waals surface area contributed by atoms with E-state index >= 15 is 0 Å². The van der Waals surface area contributed by atoms with E-state index in [9.17, 15) is 4.57 Å². The monoisotopic (exact) mass is 243 g/mol. The summed E-state index contributed by atoms with van der Waals surface area (Å²) in [5.41, 5.74) is 7.17. The molecule has 4 nitrogen and oxygen atoms in total. The molecule has 0 heterocycles. The summed E-state index contributed by atoms with van der Waals surface area (Å²) in [4.78, 5) is 0. The number of anilines is 1. The Hall–Kier alpha value is -0.830. The van der Waals surface area contributed by atoms with Gasteiger partial charge in [0, 0.05) is 5.69 Å². The molecule has 1 rings (SSSR count). The lowest BCUT2D eigenvalue weighted by Gasteiger charge is -2.16. The average Bonchev–Trinajstić information content (AvgIpc) is 2.17. The molecule has 1 aromatic carbocycles. The van der Waals surface area contributed by atoms with Gasteiger partial charge in [-0.25, -0.2) is 0 Å². The molecule has 0 aromatic heterocycles. The van der Waals surface area contributed by atoms with Gasteiger partial charge >= 0.3 is 7.60 Å². The van der Waals surface area contributed by atoms with Crippen LogP contribution in [0.2, 0.25) is 0 Å². The van der Waals surface area contributed by atoms with E-state index in [1.165, 1.54) is 0 Å². The second kappa shape index (κ2) is 6.04. The predicted octanol–water partition coefficient (Wildman–Crippen LogP) is 3.03. The van der Waals surface area contributed by atoms with E-state index in [1.807, 2.05) is 12.1 Å². The molecule has 0 saturated heterocycles. The zero-order valence-electron chi connectivity index (χ0n) is 9.68. The molecular weight excluding hydrogens is 225 g/mol. The van der Waals surface area contributed by atoms with E-state index in [1.54, 1.807) is 26.0 Å². The summed E-state index contributed by atoms with van der Waals surface area (Å²) < 4.78 is 22.6. The van der Waals surface area contributed by atoms with E-state index in [4.69, 9.17) is 14.8 Å². The average molecular weight is 243 g/mol. The number of nitrogen functional groups attached to an aromatic ring is 1. The first-order valence-corrected chi connectivity index (χ1v) is 7.05. The van der Waals surface area contributed by atoms with Gasteiger partial charge in [0.2, 0.25) is 0 Å². The summed E-state index contributed by atoms with van der Waals surface area (Å²) in [6, 6.07) is 7.26. The molecule has 0 unspecified atom stereocenters. The van der Waals surface area contributed by atoms with Gasteiger partial charge in [-0.2, -0.15) is 0 Å². The van der Waals surface area contributed by atoms with Gasteiger partial charge in [-0.15, -0.1) is 0 Å². The number of benzene rings is 1. The maximum Gasteiger partial charge on any atom is 0.335 e. The van der Waals surface area contributed by atoms with Crippen LogP contribution in [0.25, 0.3) is 0 Å². The van der Waals surface area contributed by atoms with Crippen molar-refractivity contribution in [2.24, 2.45) is 0 Å². The first-order valence-electron chi connectivity index (χ1n) is 5.32. The maximum atomic E-state index is 12.2. The summed E-state index contributed by atoms with van der Waals surface area (Å²) in [5, 5.41) is 0. The topological polar surface area (TPSA) is 61.5 Å². The van der Waals surface area contributed by atoms with Crippen LogP contribution < -0.4 is 5.73 Å². The first kappa shape index (κ1) is 13.2. The molecule has 5 heteroatoms. The zero-order chi connectivity index (χ0) is 12.0. The van der Waals surface area contributed by atoms with Gasteiger partial charge in [0.1, 0.15) is 0 Å². The summed E-state index contributed by atoms with van der Waals surface area (Å²) in [7, 11) is -3.02. The van der Waals surface area contributed by atoms with Crippen LogP contribution >= 0.6 is 7.60 Å². The number of hydrogen-bond donors (Lipinski definition) is 1. The van der Waals surface area contributed by atoms with Crippen molar-refractivity contribution >= 4 is 13.3 Å². The Bertz CT molecular complexity index is 371. The maximum absolute atomic E-state index is 12.2. The van der Waals surface area contributed by atoms with Crippen molar-refractivity contribution in [1.82, 2.24) is 0 Å². The van der Waals surface area contributed by atoms with E-state index in [2.05, 4.69) is 0 Å². The lowest BCUT2D eigenvalue weighted by Crippen LogP contribution is -1.99. The highest BCUT2D eigenvalue weighted by Crippen LogP contribution is 2.51. The minimum Gasteiger partial charge on any atom is -0.399 e. The second-order valence-electron chi connectivity index (χ2n) is 3.35. The van der Waals surface area contributed by atoms with E-state index in [-0.39, 0.29) is 6.16 Å². The van der Waals surface area contributed by atoms with E-state index in [0.29, 0.717) is 18.9 Å².